The number of benzene rings is 1. The third-order valence-electron chi connectivity index (χ3n) is 1.93. The number of nitrogens with one attached hydrogen (secondary N) is 1. The standard InChI is InChI=1S/C9H7NO3S.Li/c11-7-3-4-8(14(12)13)6-2-1-5-10-9(6)7;/h1-5,11H,(H,12,13);/q;-1/p-1. The fraction of sp³-hybridized carbons (Fsp3) is 0. The Balaban J connectivity index is 0.00000112. The third-order valence-corrected chi connectivity index (χ3v) is 2.65. The summed E-state index contributed by atoms with van der Waals surface area (Å²) in [6.07, 6.45) is 1.58. The first kappa shape index (κ1) is 12.2. The molecule has 74 valence electrons. The molecule has 0 amide bonds. The number of hydrogen-bond acceptors (Lipinski definition) is 3. The minimum atomic E-state index is -2.32. The van der Waals surface area contributed by atoms with E-state index in [-0.39, 0.29) is 29.5 Å². The van der Waals surface area contributed by atoms with Gasteiger partial charge in [-0.1, -0.05) is 6.07 Å². The van der Waals surface area contributed by atoms with Crippen molar-refractivity contribution in [2.24, 2.45) is 0 Å². The molecule has 0 aliphatic rings. The Labute approximate surface area is 101 Å². The molecular formula is C9H6LiNO3S-2. The second-order valence-electron chi connectivity index (χ2n) is 2.76. The summed E-state index contributed by atoms with van der Waals surface area (Å²) in [4.78, 5) is 2.86. The second-order valence-corrected chi connectivity index (χ2v) is 3.66. The first-order valence-corrected chi connectivity index (χ1v) is 4.97. The van der Waals surface area contributed by atoms with Crippen molar-refractivity contribution in [3.63, 3.8) is 0 Å². The fourth-order valence-corrected chi connectivity index (χ4v) is 1.84. The summed E-state index contributed by atoms with van der Waals surface area (Å²) in [6.45, 7) is 0. The van der Waals surface area contributed by atoms with Crippen LogP contribution in [0.2, 0.25) is 0 Å². The van der Waals surface area contributed by atoms with Gasteiger partial charge in [-0.2, -0.15) is 0 Å². The Bertz CT molecular complexity index is 518. The van der Waals surface area contributed by atoms with Crippen molar-refractivity contribution in [2.45, 2.75) is 4.90 Å². The Morgan fingerprint density at radius 3 is 2.67 bits per heavy atom. The van der Waals surface area contributed by atoms with Gasteiger partial charge in [0.1, 0.15) is 0 Å². The summed E-state index contributed by atoms with van der Waals surface area (Å²) < 4.78 is 21.6. The average molecular weight is 215 g/mol. The zero-order valence-electron chi connectivity index (χ0n) is 8.02. The quantitative estimate of drug-likeness (QED) is 0.479. The van der Waals surface area contributed by atoms with Crippen molar-refractivity contribution in [1.82, 2.24) is 0 Å². The van der Waals surface area contributed by atoms with E-state index in [1.807, 2.05) is 0 Å². The molecule has 1 N–H and O–H groups in total. The number of rotatable bonds is 1. The van der Waals surface area contributed by atoms with Crippen LogP contribution in [-0.4, -0.2) is 27.6 Å². The molecule has 1 atom stereocenters. The maximum Gasteiger partial charge on any atom is 0.204 e. The van der Waals surface area contributed by atoms with E-state index in [0.29, 0.717) is 10.9 Å². The van der Waals surface area contributed by atoms with Crippen molar-refractivity contribution in [1.29, 1.82) is 0 Å². The Morgan fingerprint density at radius 1 is 1.27 bits per heavy atom. The minimum absolute atomic E-state index is 0. The Hall–Kier alpha value is -0.863. The Kier molecular flexibility index (Phi) is 3.88. The van der Waals surface area contributed by atoms with Gasteiger partial charge in [0, 0.05) is 11.0 Å². The molecule has 0 fully saturated rings. The van der Waals surface area contributed by atoms with Crippen LogP contribution >= 0.6 is 0 Å². The van der Waals surface area contributed by atoms with Crippen LogP contribution in [0.5, 0.6) is 5.75 Å². The molecule has 1 aromatic carbocycles. The van der Waals surface area contributed by atoms with Crippen molar-refractivity contribution in [3.8, 4) is 5.75 Å². The van der Waals surface area contributed by atoms with Crippen molar-refractivity contribution >= 4 is 40.8 Å². The SMILES string of the molecule is O=S([O-])c1ccc([O-])c2[nH+]cccc12.[Li-]. The molecule has 0 aliphatic carbocycles. The van der Waals surface area contributed by atoms with Crippen LogP contribution in [-0.2, 0) is 11.1 Å². The molecule has 0 saturated heterocycles. The summed E-state index contributed by atoms with van der Waals surface area (Å²) in [6, 6.07) is 5.79. The summed E-state index contributed by atoms with van der Waals surface area (Å²) in [5.74, 6) is -0.213. The topological polar surface area (TPSA) is 77.3 Å². The summed E-state index contributed by atoms with van der Waals surface area (Å²) >= 11 is -2.32. The summed E-state index contributed by atoms with van der Waals surface area (Å²) in [7, 11) is 0. The molecule has 1 heterocycles. The molecule has 1 aromatic heterocycles. The molecule has 0 aliphatic heterocycles. The Morgan fingerprint density at radius 2 is 2.00 bits per heavy atom. The van der Waals surface area contributed by atoms with Crippen molar-refractivity contribution < 1.29 is 18.9 Å². The smallest absolute Gasteiger partial charge is 0.204 e. The van der Waals surface area contributed by atoms with E-state index >= 15 is 0 Å². The molecule has 2 aromatic rings. The molecular weight excluding hydrogens is 209 g/mol. The van der Waals surface area contributed by atoms with Crippen molar-refractivity contribution in [2.75, 3.05) is 0 Å². The van der Waals surface area contributed by atoms with E-state index < -0.39 is 11.1 Å². The molecule has 0 bridgehead atoms. The largest absolute Gasteiger partial charge is 1.00 e. The van der Waals surface area contributed by atoms with Gasteiger partial charge >= 0.3 is 0 Å². The zero-order valence-corrected chi connectivity index (χ0v) is 8.84. The van der Waals surface area contributed by atoms with E-state index in [1.54, 1.807) is 18.3 Å². The van der Waals surface area contributed by atoms with Crippen LogP contribution in [0.3, 0.4) is 0 Å². The summed E-state index contributed by atoms with van der Waals surface area (Å²) in [5, 5.41) is 11.7. The van der Waals surface area contributed by atoms with Gasteiger partial charge in [-0.15, -0.1) is 0 Å². The number of fused-ring (bicyclic) bond motifs is 1. The third kappa shape index (κ3) is 2.21. The van der Waals surface area contributed by atoms with E-state index in [4.69, 9.17) is 0 Å². The second kappa shape index (κ2) is 4.77. The van der Waals surface area contributed by atoms with Gasteiger partial charge < -0.3 is 28.5 Å². The van der Waals surface area contributed by atoms with Gasteiger partial charge in [-0.25, -0.2) is 4.98 Å². The predicted molar refractivity (Wildman–Crippen MR) is 52.9 cm³/mol. The van der Waals surface area contributed by atoms with Crippen LogP contribution in [0.4, 0.5) is 0 Å². The normalized spacial score (nSPS) is 12.1. The number of aromatic amines is 1. The van der Waals surface area contributed by atoms with Gasteiger partial charge in [0.05, 0.1) is 5.39 Å². The average Bonchev–Trinajstić information content (AvgIpc) is 2.18. The molecule has 4 nitrogen and oxygen atoms in total. The number of H-pyrrole nitrogens is 1. The maximum atomic E-state index is 11.3. The van der Waals surface area contributed by atoms with Gasteiger partial charge in [-0.05, 0) is 29.0 Å². The number of aromatic nitrogens is 1. The molecule has 2 rings (SSSR count). The zero-order chi connectivity index (χ0) is 10.1. The van der Waals surface area contributed by atoms with E-state index in [9.17, 15) is 13.9 Å². The summed E-state index contributed by atoms with van der Waals surface area (Å²) in [5.41, 5.74) is 0.314. The molecule has 0 spiro atoms. The number of hydrogen-bond donors (Lipinski definition) is 0. The van der Waals surface area contributed by atoms with Crippen LogP contribution in [0.1, 0.15) is 0 Å². The fourth-order valence-electron chi connectivity index (χ4n) is 1.32. The van der Waals surface area contributed by atoms with E-state index in [1.165, 1.54) is 12.1 Å². The first-order chi connectivity index (χ1) is 6.70. The maximum absolute atomic E-state index is 11.3. The van der Waals surface area contributed by atoms with Crippen LogP contribution in [0, 0.1) is 0 Å². The van der Waals surface area contributed by atoms with Gasteiger partial charge in [0.2, 0.25) is 5.52 Å². The molecule has 15 heavy (non-hydrogen) atoms. The number of pyridine rings is 1. The molecule has 1 unspecified atom stereocenters. The molecule has 6 heteroatoms. The van der Waals surface area contributed by atoms with Crippen LogP contribution in [0.15, 0.2) is 35.4 Å². The van der Waals surface area contributed by atoms with Crippen molar-refractivity contribution in [3.05, 3.63) is 30.5 Å². The van der Waals surface area contributed by atoms with Crippen LogP contribution < -0.4 is 10.1 Å². The monoisotopic (exact) mass is 215 g/mol. The van der Waals surface area contributed by atoms with Crippen LogP contribution in [0.25, 0.3) is 10.9 Å². The molecule has 0 saturated carbocycles. The van der Waals surface area contributed by atoms with Gasteiger partial charge in [-0.3, -0.25) is 4.21 Å². The predicted octanol–water partition coefficient (Wildman–Crippen LogP) is -0.415. The van der Waals surface area contributed by atoms with E-state index in [0.717, 1.165) is 0 Å². The first-order valence-electron chi connectivity index (χ1n) is 3.90. The van der Waals surface area contributed by atoms with Gasteiger partial charge in [0.25, 0.3) is 0 Å². The minimum Gasteiger partial charge on any atom is -1.00 e. The van der Waals surface area contributed by atoms with Gasteiger partial charge in [0.15, 0.2) is 6.20 Å². The molecule has 2 radical (unpaired) electrons. The van der Waals surface area contributed by atoms with E-state index in [2.05, 4.69) is 4.98 Å².